The molecule has 0 bridgehead atoms. The van der Waals surface area contributed by atoms with Gasteiger partial charge in [0, 0.05) is 23.6 Å². The summed E-state index contributed by atoms with van der Waals surface area (Å²) in [5.74, 6) is 0. The summed E-state index contributed by atoms with van der Waals surface area (Å²) in [7, 11) is -1.67. The molecule has 2 aromatic rings. The van der Waals surface area contributed by atoms with Crippen LogP contribution in [0.3, 0.4) is 0 Å². The Bertz CT molecular complexity index is 898. The van der Waals surface area contributed by atoms with Gasteiger partial charge in [0.2, 0.25) is 5.69 Å². The largest absolute Gasteiger partial charge is 0.217 e. The second-order valence-electron chi connectivity index (χ2n) is 9.50. The molecule has 132 valence electrons. The van der Waals surface area contributed by atoms with Gasteiger partial charge >= 0.3 is 0 Å². The third-order valence-corrected chi connectivity index (χ3v) is 13.5. The van der Waals surface area contributed by atoms with Crippen LogP contribution >= 0.6 is 0 Å². The highest BCUT2D eigenvalue weighted by Gasteiger charge is 2.55. The molecule has 0 spiro atoms. The van der Waals surface area contributed by atoms with Crippen LogP contribution in [0.15, 0.2) is 0 Å². The maximum absolute atomic E-state index is 2.63. The number of benzene rings is 1. The van der Waals surface area contributed by atoms with Crippen molar-refractivity contribution in [1.29, 1.82) is 0 Å². The number of aromatic nitrogens is 1. The second-order valence-corrected chi connectivity index (χ2v) is 14.5. The Hall–Kier alpha value is -1.41. The van der Waals surface area contributed by atoms with Gasteiger partial charge in [-0.3, -0.25) is 0 Å². The predicted octanol–water partition coefficient (Wildman–Crippen LogP) is 4.60. The van der Waals surface area contributed by atoms with Crippen LogP contribution in [0.4, 0.5) is 0 Å². The lowest BCUT2D eigenvalue weighted by atomic mass is 9.86. The van der Waals surface area contributed by atoms with Gasteiger partial charge in [0.1, 0.15) is 0 Å². The van der Waals surface area contributed by atoms with Crippen LogP contribution in [0.1, 0.15) is 58.5 Å². The van der Waals surface area contributed by atoms with Gasteiger partial charge in [0.25, 0.3) is 0 Å². The van der Waals surface area contributed by atoms with E-state index < -0.39 is 8.07 Å². The summed E-state index contributed by atoms with van der Waals surface area (Å²) in [6, 6.07) is 0. The lowest BCUT2D eigenvalue weighted by Gasteiger charge is -2.46. The van der Waals surface area contributed by atoms with Gasteiger partial charge in [0.05, 0.1) is 13.6 Å². The molecule has 4 rings (SSSR count). The third-order valence-electron chi connectivity index (χ3n) is 8.26. The first-order chi connectivity index (χ1) is 11.4. The summed E-state index contributed by atoms with van der Waals surface area (Å²) in [6.07, 6.45) is 0. The molecule has 0 saturated carbocycles. The van der Waals surface area contributed by atoms with Gasteiger partial charge in [-0.25, -0.2) is 0 Å². The normalized spacial score (nSPS) is 18.5. The smallest absolute Gasteiger partial charge is 0.191 e. The molecule has 25 heavy (non-hydrogen) atoms. The first-order valence-corrected chi connectivity index (χ1v) is 12.6. The molecule has 0 aliphatic carbocycles. The van der Waals surface area contributed by atoms with Crippen molar-refractivity contribution in [2.24, 2.45) is 0 Å². The summed E-state index contributed by atoms with van der Waals surface area (Å²) < 4.78 is 2.63. The number of pyridine rings is 1. The van der Waals surface area contributed by atoms with E-state index in [1.807, 2.05) is 0 Å². The zero-order chi connectivity index (χ0) is 18.6. The van der Waals surface area contributed by atoms with Crippen molar-refractivity contribution >= 4 is 13.3 Å². The first kappa shape index (κ1) is 17.0. The zero-order valence-electron chi connectivity index (χ0n) is 17.7. The predicted molar refractivity (Wildman–Crippen MR) is 110 cm³/mol. The van der Waals surface area contributed by atoms with Crippen LogP contribution in [-0.4, -0.2) is 8.07 Å². The Labute approximate surface area is 154 Å². The van der Waals surface area contributed by atoms with E-state index in [0.29, 0.717) is 0 Å². The van der Waals surface area contributed by atoms with E-state index in [2.05, 4.69) is 73.1 Å². The molecule has 0 amide bonds. The molecule has 0 radical (unpaired) electrons. The Balaban J connectivity index is 2.33. The van der Waals surface area contributed by atoms with Crippen LogP contribution in [-0.2, 0) is 11.6 Å². The molecule has 0 N–H and O–H groups in total. The summed E-state index contributed by atoms with van der Waals surface area (Å²) in [5.41, 5.74) is 15.5. The topological polar surface area (TPSA) is 3.88 Å². The van der Waals surface area contributed by atoms with E-state index in [0.717, 1.165) is 6.54 Å². The number of hydrogen-bond donors (Lipinski definition) is 0. The molecule has 0 atom stereocenters. The van der Waals surface area contributed by atoms with Crippen LogP contribution < -0.4 is 9.75 Å². The molecule has 0 fully saturated rings. The molecule has 2 aliphatic heterocycles. The van der Waals surface area contributed by atoms with E-state index >= 15 is 0 Å². The van der Waals surface area contributed by atoms with Crippen LogP contribution in [0.2, 0.25) is 13.1 Å². The summed E-state index contributed by atoms with van der Waals surface area (Å²) in [5, 5.41) is 1.98. The molecule has 2 heteroatoms. The van der Waals surface area contributed by atoms with E-state index in [1.54, 1.807) is 33.1 Å². The fourth-order valence-electron chi connectivity index (χ4n) is 5.61. The summed E-state index contributed by atoms with van der Waals surface area (Å²) >= 11 is 0. The van der Waals surface area contributed by atoms with Gasteiger partial charge in [-0.2, -0.15) is 4.57 Å². The molecule has 1 aromatic carbocycles. The van der Waals surface area contributed by atoms with E-state index in [1.165, 1.54) is 27.9 Å². The Morgan fingerprint density at radius 1 is 0.800 bits per heavy atom. The van der Waals surface area contributed by atoms with Crippen molar-refractivity contribution < 1.29 is 4.57 Å². The van der Waals surface area contributed by atoms with E-state index in [9.17, 15) is 0 Å². The molecule has 2 aliphatic rings. The monoisotopic (exact) mass is 350 g/mol. The Morgan fingerprint density at radius 3 is 2.00 bits per heavy atom. The molecule has 0 unspecified atom stereocenters. The molecule has 1 aromatic heterocycles. The number of rotatable bonds is 0. The van der Waals surface area contributed by atoms with E-state index in [4.69, 9.17) is 0 Å². The zero-order valence-corrected chi connectivity index (χ0v) is 18.7. The fourth-order valence-corrected chi connectivity index (χ4v) is 9.18. The number of nitrogens with zero attached hydrogens (tertiary/aromatic N) is 1. The van der Waals surface area contributed by atoms with Gasteiger partial charge in [-0.05, 0) is 67.1 Å². The molecular weight excluding hydrogens is 318 g/mol. The van der Waals surface area contributed by atoms with Gasteiger partial charge in [-0.15, -0.1) is 0 Å². The van der Waals surface area contributed by atoms with Crippen molar-refractivity contribution in [2.75, 3.05) is 0 Å². The van der Waals surface area contributed by atoms with Crippen molar-refractivity contribution in [3.63, 3.8) is 0 Å². The molecule has 1 nitrogen and oxygen atoms in total. The summed E-state index contributed by atoms with van der Waals surface area (Å²) in [6.45, 7) is 25.4. The minimum Gasteiger partial charge on any atom is -0.191 e. The first-order valence-electron chi connectivity index (χ1n) is 9.62. The van der Waals surface area contributed by atoms with Crippen LogP contribution in [0.5, 0.6) is 0 Å². The second kappa shape index (κ2) is 4.65. The van der Waals surface area contributed by atoms with Crippen molar-refractivity contribution in [1.82, 2.24) is 0 Å². The lowest BCUT2D eigenvalue weighted by molar-refractivity contribution is -0.679. The highest BCUT2D eigenvalue weighted by Crippen LogP contribution is 2.49. The SMILES string of the molecule is Cc1c(C)c2c3c(c1C)[Si](C)(C)C(C)(C)c1c(C)c(C)c(C)[n+](c1-3)C2. The van der Waals surface area contributed by atoms with E-state index in [-0.39, 0.29) is 5.04 Å². The molecular formula is C23H32NSi+. The lowest BCUT2D eigenvalue weighted by Crippen LogP contribution is -2.62. The Morgan fingerprint density at radius 2 is 1.40 bits per heavy atom. The average Bonchev–Trinajstić information content (AvgIpc) is 2.89. The van der Waals surface area contributed by atoms with Gasteiger partial charge in [-0.1, -0.05) is 26.9 Å². The van der Waals surface area contributed by atoms with Gasteiger partial charge in [0.15, 0.2) is 12.2 Å². The maximum Gasteiger partial charge on any atom is 0.217 e. The Kier molecular flexibility index (Phi) is 3.16. The van der Waals surface area contributed by atoms with Crippen LogP contribution in [0.25, 0.3) is 11.3 Å². The average molecular weight is 351 g/mol. The van der Waals surface area contributed by atoms with Crippen molar-refractivity contribution in [2.45, 2.75) is 80.1 Å². The number of hydrogen-bond acceptors (Lipinski definition) is 0. The van der Waals surface area contributed by atoms with Crippen molar-refractivity contribution in [3.8, 4) is 11.3 Å². The van der Waals surface area contributed by atoms with Gasteiger partial charge < -0.3 is 0 Å². The maximum atomic E-state index is 2.63. The highest BCUT2D eigenvalue weighted by atomic mass is 28.3. The quantitative estimate of drug-likeness (QED) is 0.412. The highest BCUT2D eigenvalue weighted by molar-refractivity contribution is 6.94. The van der Waals surface area contributed by atoms with Crippen LogP contribution in [0, 0.1) is 41.5 Å². The standard InChI is InChI=1S/C23H32NSi/c1-12-14(3)18-11-24-17(6)13(2)15(4)20-21(24)19(18)22(16(12)5)25(9,10)23(20,7)8/h11H2,1-10H3/q+1. The third kappa shape index (κ3) is 1.68. The molecule has 0 saturated heterocycles. The molecule has 3 heterocycles. The minimum atomic E-state index is -1.67. The minimum absolute atomic E-state index is 0.244. The fraction of sp³-hybridized carbons (Fsp3) is 0.522. The van der Waals surface area contributed by atoms with Crippen molar-refractivity contribution in [3.05, 3.63) is 44.6 Å². The summed E-state index contributed by atoms with van der Waals surface area (Å²) in [4.78, 5) is 0.